The fourth-order valence-electron chi connectivity index (χ4n) is 5.12. The molecule has 2 heterocycles. The first-order chi connectivity index (χ1) is 12.5. The lowest BCUT2D eigenvalue weighted by atomic mass is 9.75. The van der Waals surface area contributed by atoms with Gasteiger partial charge >= 0.3 is 0 Å². The van der Waals surface area contributed by atoms with Crippen molar-refractivity contribution in [3.8, 4) is 0 Å². The van der Waals surface area contributed by atoms with E-state index in [0.717, 1.165) is 49.8 Å². The lowest BCUT2D eigenvalue weighted by Crippen LogP contribution is -2.50. The number of aryl methyl sites for hydroxylation is 1. The van der Waals surface area contributed by atoms with E-state index in [1.54, 1.807) is 0 Å². The standard InChI is InChI=1S/C20H29N3O2S/c1-12(23-10-9-13-5-2-3-6-14(13)11-23)19(25)22-20-17(18(21)24)15-7-4-8-16(15)26-20/h12-14H,2-11H2,1H3,(H2,21,24)(H,22,25). The molecule has 1 aromatic heterocycles. The number of carbonyl (C=O) groups is 2. The average molecular weight is 376 g/mol. The summed E-state index contributed by atoms with van der Waals surface area (Å²) in [6, 6.07) is -0.171. The molecule has 142 valence electrons. The van der Waals surface area contributed by atoms with Crippen LogP contribution in [0.3, 0.4) is 0 Å². The molecule has 6 heteroatoms. The predicted octanol–water partition coefficient (Wildman–Crippen LogP) is 3.17. The van der Waals surface area contributed by atoms with Gasteiger partial charge in [-0.15, -0.1) is 11.3 Å². The summed E-state index contributed by atoms with van der Waals surface area (Å²) in [6.45, 7) is 4.02. The Kier molecular flexibility index (Phi) is 5.06. The molecule has 2 fully saturated rings. The molecule has 3 N–H and O–H groups in total. The van der Waals surface area contributed by atoms with Crippen LogP contribution in [0.1, 0.15) is 66.2 Å². The highest BCUT2D eigenvalue weighted by Gasteiger charge is 2.35. The van der Waals surface area contributed by atoms with Crippen LogP contribution < -0.4 is 11.1 Å². The van der Waals surface area contributed by atoms with Gasteiger partial charge in [-0.05, 0) is 63.0 Å². The van der Waals surface area contributed by atoms with Crippen LogP contribution in [0.25, 0.3) is 0 Å². The third-order valence-electron chi connectivity index (χ3n) is 6.65. The normalized spacial score (nSPS) is 26.8. The largest absolute Gasteiger partial charge is 0.365 e. The quantitative estimate of drug-likeness (QED) is 0.849. The Morgan fingerprint density at radius 2 is 1.92 bits per heavy atom. The smallest absolute Gasteiger partial charge is 0.251 e. The van der Waals surface area contributed by atoms with Gasteiger partial charge in [-0.3, -0.25) is 14.5 Å². The third kappa shape index (κ3) is 3.29. The molecule has 0 aromatic carbocycles. The van der Waals surface area contributed by atoms with Crippen molar-refractivity contribution < 1.29 is 9.59 Å². The van der Waals surface area contributed by atoms with Gasteiger partial charge in [0.15, 0.2) is 0 Å². The minimum atomic E-state index is -0.421. The van der Waals surface area contributed by atoms with Crippen LogP contribution in [0.2, 0.25) is 0 Å². The number of primary amides is 1. The fourth-order valence-corrected chi connectivity index (χ4v) is 6.41. The highest BCUT2D eigenvalue weighted by atomic mass is 32.1. The second kappa shape index (κ2) is 7.31. The summed E-state index contributed by atoms with van der Waals surface area (Å²) in [4.78, 5) is 28.3. The van der Waals surface area contributed by atoms with Crippen LogP contribution in [0.5, 0.6) is 0 Å². The van der Waals surface area contributed by atoms with Crippen LogP contribution in [0, 0.1) is 11.8 Å². The number of hydrogen-bond acceptors (Lipinski definition) is 4. The monoisotopic (exact) mass is 375 g/mol. The van der Waals surface area contributed by atoms with Gasteiger partial charge in [-0.25, -0.2) is 0 Å². The summed E-state index contributed by atoms with van der Waals surface area (Å²) in [5.41, 5.74) is 7.22. The Labute approximate surface area is 159 Å². The minimum absolute atomic E-state index is 0.0123. The SMILES string of the molecule is CC(C(=O)Nc1sc2c(c1C(N)=O)CCC2)N1CCC2CCCCC2C1. The van der Waals surface area contributed by atoms with Crippen LogP contribution in [-0.4, -0.2) is 35.8 Å². The first-order valence-corrected chi connectivity index (χ1v) is 10.9. The van der Waals surface area contributed by atoms with Crippen LogP contribution in [0.4, 0.5) is 5.00 Å². The Bertz CT molecular complexity index is 714. The summed E-state index contributed by atoms with van der Waals surface area (Å²) in [5, 5.41) is 3.69. The number of carbonyl (C=O) groups excluding carboxylic acids is 2. The van der Waals surface area contributed by atoms with Crippen molar-refractivity contribution in [2.24, 2.45) is 17.6 Å². The Morgan fingerprint density at radius 1 is 1.15 bits per heavy atom. The summed E-state index contributed by atoms with van der Waals surface area (Å²) in [6.07, 6.45) is 9.53. The molecule has 2 amide bonds. The molecule has 0 spiro atoms. The molecule has 4 rings (SSSR count). The maximum atomic E-state index is 12.9. The zero-order chi connectivity index (χ0) is 18.3. The van der Waals surface area contributed by atoms with Crippen molar-refractivity contribution in [2.45, 2.75) is 64.3 Å². The molecule has 3 aliphatic rings. The van der Waals surface area contributed by atoms with E-state index in [-0.39, 0.29) is 11.9 Å². The molecule has 3 atom stereocenters. The van der Waals surface area contributed by atoms with Gasteiger partial charge in [0.05, 0.1) is 11.6 Å². The number of likely N-dealkylation sites (tertiary alicyclic amines) is 1. The molecule has 0 radical (unpaired) electrons. The van der Waals surface area contributed by atoms with Gasteiger partial charge in [-0.1, -0.05) is 19.3 Å². The van der Waals surface area contributed by atoms with Crippen molar-refractivity contribution in [3.05, 3.63) is 16.0 Å². The Balaban J connectivity index is 1.44. The lowest BCUT2D eigenvalue weighted by molar-refractivity contribution is -0.121. The number of piperidine rings is 1. The number of rotatable bonds is 4. The third-order valence-corrected chi connectivity index (χ3v) is 7.86. The minimum Gasteiger partial charge on any atom is -0.365 e. The molecule has 3 unspecified atom stereocenters. The van der Waals surface area contributed by atoms with Gasteiger partial charge in [-0.2, -0.15) is 0 Å². The predicted molar refractivity (Wildman–Crippen MR) is 105 cm³/mol. The Morgan fingerprint density at radius 3 is 2.69 bits per heavy atom. The summed E-state index contributed by atoms with van der Waals surface area (Å²) >= 11 is 1.54. The van der Waals surface area contributed by atoms with Gasteiger partial charge in [0.25, 0.3) is 5.91 Å². The lowest BCUT2D eigenvalue weighted by Gasteiger charge is -2.43. The van der Waals surface area contributed by atoms with Gasteiger partial charge in [0, 0.05) is 11.4 Å². The van der Waals surface area contributed by atoms with E-state index in [9.17, 15) is 9.59 Å². The summed E-state index contributed by atoms with van der Waals surface area (Å²) < 4.78 is 0. The average Bonchev–Trinajstić information content (AvgIpc) is 3.20. The second-order valence-electron chi connectivity index (χ2n) is 8.18. The van der Waals surface area contributed by atoms with Gasteiger partial charge < -0.3 is 11.1 Å². The Hall–Kier alpha value is -1.40. The molecule has 0 bridgehead atoms. The summed E-state index contributed by atoms with van der Waals surface area (Å²) in [7, 11) is 0. The molecule has 1 aliphatic heterocycles. The molecule has 1 saturated carbocycles. The molecule has 26 heavy (non-hydrogen) atoms. The van der Waals surface area contributed by atoms with E-state index in [1.807, 2.05) is 6.92 Å². The van der Waals surface area contributed by atoms with E-state index in [2.05, 4.69) is 10.2 Å². The van der Waals surface area contributed by atoms with Crippen molar-refractivity contribution in [1.29, 1.82) is 0 Å². The van der Waals surface area contributed by atoms with Crippen molar-refractivity contribution in [3.63, 3.8) is 0 Å². The van der Waals surface area contributed by atoms with Crippen molar-refractivity contribution in [1.82, 2.24) is 4.90 Å². The maximum absolute atomic E-state index is 12.9. The van der Waals surface area contributed by atoms with Crippen LogP contribution in [0.15, 0.2) is 0 Å². The number of hydrogen-bond donors (Lipinski definition) is 2. The highest BCUT2D eigenvalue weighted by molar-refractivity contribution is 7.17. The van der Waals surface area contributed by atoms with E-state index in [1.165, 1.54) is 48.3 Å². The highest BCUT2D eigenvalue weighted by Crippen LogP contribution is 2.39. The van der Waals surface area contributed by atoms with E-state index in [4.69, 9.17) is 5.73 Å². The van der Waals surface area contributed by atoms with E-state index in [0.29, 0.717) is 10.6 Å². The summed E-state index contributed by atoms with van der Waals surface area (Å²) in [5.74, 6) is 1.17. The van der Waals surface area contributed by atoms with Gasteiger partial charge in [0.1, 0.15) is 5.00 Å². The van der Waals surface area contributed by atoms with E-state index >= 15 is 0 Å². The number of nitrogens with zero attached hydrogens (tertiary/aromatic N) is 1. The maximum Gasteiger partial charge on any atom is 0.251 e. The first kappa shape index (κ1) is 18.0. The molecule has 1 aromatic rings. The zero-order valence-electron chi connectivity index (χ0n) is 15.6. The number of thiophene rings is 1. The molecular weight excluding hydrogens is 346 g/mol. The second-order valence-corrected chi connectivity index (χ2v) is 9.28. The molecule has 1 saturated heterocycles. The number of nitrogens with one attached hydrogen (secondary N) is 1. The van der Waals surface area contributed by atoms with E-state index < -0.39 is 5.91 Å². The van der Waals surface area contributed by atoms with Gasteiger partial charge in [0.2, 0.25) is 5.91 Å². The number of fused-ring (bicyclic) bond motifs is 2. The molecule has 5 nitrogen and oxygen atoms in total. The number of anilines is 1. The van der Waals surface area contributed by atoms with Crippen molar-refractivity contribution in [2.75, 3.05) is 18.4 Å². The molecular formula is C20H29N3O2S. The van der Waals surface area contributed by atoms with Crippen LogP contribution >= 0.6 is 11.3 Å². The first-order valence-electron chi connectivity index (χ1n) is 10.0. The van der Waals surface area contributed by atoms with Crippen LogP contribution in [-0.2, 0) is 17.6 Å². The number of nitrogens with two attached hydrogens (primary N) is 1. The number of amides is 2. The fraction of sp³-hybridized carbons (Fsp3) is 0.700. The zero-order valence-corrected chi connectivity index (χ0v) is 16.4. The topological polar surface area (TPSA) is 75.4 Å². The molecule has 2 aliphatic carbocycles. The van der Waals surface area contributed by atoms with Crippen molar-refractivity contribution >= 4 is 28.2 Å².